The Balaban J connectivity index is 3.27. The van der Waals surface area contributed by atoms with Crippen molar-refractivity contribution in [2.45, 2.75) is 26.3 Å². The number of ether oxygens (including phenoxy) is 2. The number of esters is 1. The molecule has 0 bridgehead atoms. The lowest BCUT2D eigenvalue weighted by molar-refractivity contribution is -0.275. The molecule has 0 aromatic heterocycles. The Morgan fingerprint density at radius 1 is 1.33 bits per heavy atom. The molecular formula is C13H15BrF3NO3. The third-order valence-electron chi connectivity index (χ3n) is 3.02. The summed E-state index contributed by atoms with van der Waals surface area (Å²) in [5.41, 5.74) is 4.80. The predicted octanol–water partition coefficient (Wildman–Crippen LogP) is 3.55. The van der Waals surface area contributed by atoms with Gasteiger partial charge in [-0.05, 0) is 32.0 Å². The monoisotopic (exact) mass is 369 g/mol. The number of carbonyl (C=O) groups excluding carboxylic acids is 1. The summed E-state index contributed by atoms with van der Waals surface area (Å²) in [6.45, 7) is 2.98. The SMILES string of the molecule is COC(=O)C(C)(C)[C@H](N)c1cc(Br)ccc1OC(F)(F)F. The zero-order chi connectivity index (χ0) is 16.4. The molecule has 0 aliphatic rings. The zero-order valence-corrected chi connectivity index (χ0v) is 13.2. The Bertz CT molecular complexity index is 532. The lowest BCUT2D eigenvalue weighted by atomic mass is 9.80. The van der Waals surface area contributed by atoms with Gasteiger partial charge in [-0.2, -0.15) is 0 Å². The van der Waals surface area contributed by atoms with Crippen LogP contribution in [0.3, 0.4) is 0 Å². The van der Waals surface area contributed by atoms with Gasteiger partial charge in [-0.1, -0.05) is 15.9 Å². The molecular weight excluding hydrogens is 355 g/mol. The molecule has 0 saturated heterocycles. The topological polar surface area (TPSA) is 61.5 Å². The molecule has 0 aliphatic heterocycles. The number of hydrogen-bond acceptors (Lipinski definition) is 4. The van der Waals surface area contributed by atoms with Crippen LogP contribution in [-0.4, -0.2) is 19.4 Å². The van der Waals surface area contributed by atoms with Gasteiger partial charge in [0.1, 0.15) is 5.75 Å². The van der Waals surface area contributed by atoms with E-state index in [2.05, 4.69) is 25.4 Å². The lowest BCUT2D eigenvalue weighted by Crippen LogP contribution is -2.38. The van der Waals surface area contributed by atoms with E-state index >= 15 is 0 Å². The standard InChI is InChI=1S/C13H15BrF3NO3/c1-12(2,11(19)20-3)10(18)8-6-7(14)4-5-9(8)21-13(15,16)17/h4-6,10H,18H2,1-3H3/t10-/m1/s1. The second-order valence-electron chi connectivity index (χ2n) is 4.92. The average molecular weight is 370 g/mol. The highest BCUT2D eigenvalue weighted by Crippen LogP contribution is 2.39. The van der Waals surface area contributed by atoms with Crippen LogP contribution in [0.15, 0.2) is 22.7 Å². The average Bonchev–Trinajstić information content (AvgIpc) is 2.37. The first kappa shape index (κ1) is 17.8. The molecule has 0 fully saturated rings. The molecule has 0 radical (unpaired) electrons. The van der Waals surface area contributed by atoms with E-state index in [0.717, 1.165) is 6.07 Å². The van der Waals surface area contributed by atoms with Crippen molar-refractivity contribution in [3.05, 3.63) is 28.2 Å². The molecule has 0 aliphatic carbocycles. The second kappa shape index (κ2) is 6.23. The fraction of sp³-hybridized carbons (Fsp3) is 0.462. The number of methoxy groups -OCH3 is 1. The lowest BCUT2D eigenvalue weighted by Gasteiger charge is -2.30. The minimum atomic E-state index is -4.85. The summed E-state index contributed by atoms with van der Waals surface area (Å²) in [7, 11) is 1.19. The van der Waals surface area contributed by atoms with Gasteiger partial charge in [-0.3, -0.25) is 4.79 Å². The van der Waals surface area contributed by atoms with Crippen molar-refractivity contribution in [2.75, 3.05) is 7.11 Å². The van der Waals surface area contributed by atoms with Crippen LogP contribution >= 0.6 is 15.9 Å². The van der Waals surface area contributed by atoms with E-state index in [4.69, 9.17) is 5.73 Å². The molecule has 21 heavy (non-hydrogen) atoms. The highest BCUT2D eigenvalue weighted by atomic mass is 79.9. The Hall–Kier alpha value is -1.28. The van der Waals surface area contributed by atoms with E-state index in [1.54, 1.807) is 0 Å². The first-order valence-electron chi connectivity index (χ1n) is 5.88. The maximum absolute atomic E-state index is 12.4. The molecule has 0 spiro atoms. The van der Waals surface area contributed by atoms with Gasteiger partial charge in [0.15, 0.2) is 0 Å². The Morgan fingerprint density at radius 2 is 1.90 bits per heavy atom. The fourth-order valence-corrected chi connectivity index (χ4v) is 2.14. The Morgan fingerprint density at radius 3 is 2.38 bits per heavy atom. The van der Waals surface area contributed by atoms with Crippen LogP contribution < -0.4 is 10.5 Å². The summed E-state index contributed by atoms with van der Waals surface area (Å²) in [4.78, 5) is 11.8. The van der Waals surface area contributed by atoms with Crippen molar-refractivity contribution in [1.82, 2.24) is 0 Å². The van der Waals surface area contributed by atoms with E-state index < -0.39 is 29.5 Å². The van der Waals surface area contributed by atoms with Crippen LogP contribution in [0.5, 0.6) is 5.75 Å². The molecule has 118 valence electrons. The number of hydrogen-bond donors (Lipinski definition) is 1. The summed E-state index contributed by atoms with van der Waals surface area (Å²) in [6, 6.07) is 2.87. The van der Waals surface area contributed by atoms with Crippen molar-refractivity contribution in [3.63, 3.8) is 0 Å². The van der Waals surface area contributed by atoms with Crippen molar-refractivity contribution in [2.24, 2.45) is 11.1 Å². The normalized spacial score (nSPS) is 13.7. The smallest absolute Gasteiger partial charge is 0.469 e. The maximum atomic E-state index is 12.4. The van der Waals surface area contributed by atoms with Crippen LogP contribution in [0.25, 0.3) is 0 Å². The largest absolute Gasteiger partial charge is 0.573 e. The van der Waals surface area contributed by atoms with Crippen molar-refractivity contribution < 1.29 is 27.4 Å². The number of nitrogens with two attached hydrogens (primary N) is 1. The number of benzene rings is 1. The molecule has 2 N–H and O–H groups in total. The minimum absolute atomic E-state index is 0.0529. The van der Waals surface area contributed by atoms with Crippen LogP contribution in [0.1, 0.15) is 25.5 Å². The summed E-state index contributed by atoms with van der Waals surface area (Å²) < 4.78 is 46.4. The number of alkyl halides is 3. The number of halogens is 4. The molecule has 1 aromatic rings. The second-order valence-corrected chi connectivity index (χ2v) is 5.84. The van der Waals surface area contributed by atoms with E-state index in [1.165, 1.54) is 33.1 Å². The third kappa shape index (κ3) is 4.34. The van der Waals surface area contributed by atoms with Gasteiger partial charge in [0.2, 0.25) is 0 Å². The number of carbonyl (C=O) groups is 1. The quantitative estimate of drug-likeness (QED) is 0.824. The van der Waals surface area contributed by atoms with Crippen LogP contribution in [0, 0.1) is 5.41 Å². The molecule has 4 nitrogen and oxygen atoms in total. The van der Waals surface area contributed by atoms with Crippen LogP contribution in [0.2, 0.25) is 0 Å². The zero-order valence-electron chi connectivity index (χ0n) is 11.6. The van der Waals surface area contributed by atoms with Crippen molar-refractivity contribution in [1.29, 1.82) is 0 Å². The van der Waals surface area contributed by atoms with Gasteiger partial charge in [0, 0.05) is 16.1 Å². The van der Waals surface area contributed by atoms with E-state index in [-0.39, 0.29) is 5.56 Å². The molecule has 0 amide bonds. The minimum Gasteiger partial charge on any atom is -0.469 e. The molecule has 1 aromatic carbocycles. The fourth-order valence-electron chi connectivity index (χ4n) is 1.76. The summed E-state index contributed by atoms with van der Waals surface area (Å²) in [6.07, 6.45) is -4.85. The Labute approximate surface area is 128 Å². The molecule has 8 heteroatoms. The van der Waals surface area contributed by atoms with Crippen molar-refractivity contribution >= 4 is 21.9 Å². The van der Waals surface area contributed by atoms with Gasteiger partial charge in [-0.15, -0.1) is 13.2 Å². The van der Waals surface area contributed by atoms with Gasteiger partial charge in [0.25, 0.3) is 0 Å². The first-order chi connectivity index (χ1) is 9.49. The van der Waals surface area contributed by atoms with Gasteiger partial charge >= 0.3 is 12.3 Å². The van der Waals surface area contributed by atoms with E-state index in [9.17, 15) is 18.0 Å². The third-order valence-corrected chi connectivity index (χ3v) is 3.51. The first-order valence-corrected chi connectivity index (χ1v) is 6.67. The molecule has 0 saturated carbocycles. The summed E-state index contributed by atoms with van der Waals surface area (Å²) in [5.74, 6) is -1.08. The van der Waals surface area contributed by atoms with Crippen LogP contribution in [0.4, 0.5) is 13.2 Å². The highest BCUT2D eigenvalue weighted by molar-refractivity contribution is 9.10. The highest BCUT2D eigenvalue weighted by Gasteiger charge is 2.40. The van der Waals surface area contributed by atoms with Crippen molar-refractivity contribution in [3.8, 4) is 5.75 Å². The van der Waals surface area contributed by atoms with Gasteiger partial charge < -0.3 is 15.2 Å². The molecule has 1 atom stereocenters. The van der Waals surface area contributed by atoms with Gasteiger partial charge in [0.05, 0.1) is 12.5 Å². The predicted molar refractivity (Wildman–Crippen MR) is 73.6 cm³/mol. The summed E-state index contributed by atoms with van der Waals surface area (Å²) >= 11 is 3.16. The van der Waals surface area contributed by atoms with Crippen LogP contribution in [-0.2, 0) is 9.53 Å². The summed E-state index contributed by atoms with van der Waals surface area (Å²) in [5, 5.41) is 0. The van der Waals surface area contributed by atoms with E-state index in [0.29, 0.717) is 4.47 Å². The molecule has 1 rings (SSSR count). The number of rotatable bonds is 4. The maximum Gasteiger partial charge on any atom is 0.573 e. The molecule has 0 unspecified atom stereocenters. The van der Waals surface area contributed by atoms with E-state index in [1.807, 2.05) is 0 Å². The Kier molecular flexibility index (Phi) is 5.27. The molecule has 0 heterocycles. The van der Waals surface area contributed by atoms with Gasteiger partial charge in [-0.25, -0.2) is 0 Å².